The van der Waals surface area contributed by atoms with Crippen molar-refractivity contribution in [3.8, 4) is 5.75 Å². The molecule has 7 heteroatoms. The van der Waals surface area contributed by atoms with Crippen LogP contribution in [0.4, 0.5) is 11.4 Å². The van der Waals surface area contributed by atoms with Gasteiger partial charge in [-0.15, -0.1) is 0 Å². The van der Waals surface area contributed by atoms with Crippen LogP contribution in [0.2, 0.25) is 10.0 Å². The number of aliphatic imine (C=N–C) groups is 1. The molecule has 1 saturated heterocycles. The number of benzene rings is 4. The Hall–Kier alpha value is -3.51. The summed E-state index contributed by atoms with van der Waals surface area (Å²) >= 11 is 13.7. The van der Waals surface area contributed by atoms with Gasteiger partial charge in [0, 0.05) is 15.6 Å². The minimum Gasteiger partial charge on any atom is -0.488 e. The topological polar surface area (TPSA) is 41.9 Å². The molecular formula is C31H24Cl2N2O2S. The second kappa shape index (κ2) is 11.5. The lowest BCUT2D eigenvalue weighted by molar-refractivity contribution is -0.113. The summed E-state index contributed by atoms with van der Waals surface area (Å²) in [5, 5.41) is 1.78. The molecule has 4 aromatic carbocycles. The molecule has 1 aliphatic rings. The average Bonchev–Trinajstić information content (AvgIpc) is 3.19. The molecule has 0 aromatic heterocycles. The predicted molar refractivity (Wildman–Crippen MR) is 160 cm³/mol. The number of hydrogen-bond acceptors (Lipinski definition) is 4. The molecule has 38 heavy (non-hydrogen) atoms. The number of rotatable bonds is 6. The zero-order chi connectivity index (χ0) is 26.6. The zero-order valence-corrected chi connectivity index (χ0v) is 23.1. The highest BCUT2D eigenvalue weighted by Gasteiger charge is 2.34. The molecule has 4 nitrogen and oxygen atoms in total. The molecule has 0 aliphatic carbocycles. The fourth-order valence-corrected chi connectivity index (χ4v) is 5.67. The third-order valence-electron chi connectivity index (χ3n) is 5.97. The van der Waals surface area contributed by atoms with Gasteiger partial charge in [0.1, 0.15) is 12.4 Å². The number of anilines is 1. The molecule has 1 amide bonds. The Morgan fingerprint density at radius 3 is 2.21 bits per heavy atom. The average molecular weight is 560 g/mol. The summed E-state index contributed by atoms with van der Waals surface area (Å²) in [6, 6.07) is 28.6. The van der Waals surface area contributed by atoms with Crippen molar-refractivity contribution >= 4 is 63.5 Å². The Labute approximate surface area is 236 Å². The summed E-state index contributed by atoms with van der Waals surface area (Å²) in [5.74, 6) is 0.685. The van der Waals surface area contributed by atoms with Crippen molar-refractivity contribution < 1.29 is 9.53 Å². The first-order chi connectivity index (χ1) is 18.4. The van der Waals surface area contributed by atoms with Crippen LogP contribution in [0.15, 0.2) is 101 Å². The number of amides is 1. The number of carbonyl (C=O) groups excluding carboxylic acids is 1. The summed E-state index contributed by atoms with van der Waals surface area (Å²) in [7, 11) is 0. The molecule has 0 N–H and O–H groups in total. The first-order valence-corrected chi connectivity index (χ1v) is 13.6. The molecule has 0 radical (unpaired) electrons. The fraction of sp³-hybridized carbons (Fsp3) is 0.0968. The van der Waals surface area contributed by atoms with E-state index in [4.69, 9.17) is 32.9 Å². The third-order valence-corrected chi connectivity index (χ3v) is 7.53. The van der Waals surface area contributed by atoms with Crippen LogP contribution in [-0.4, -0.2) is 11.1 Å². The van der Waals surface area contributed by atoms with Crippen LogP contribution in [0, 0.1) is 13.8 Å². The van der Waals surface area contributed by atoms with Crippen molar-refractivity contribution in [2.75, 3.05) is 4.90 Å². The lowest BCUT2D eigenvalue weighted by Crippen LogP contribution is -2.28. The van der Waals surface area contributed by atoms with Crippen LogP contribution in [0.5, 0.6) is 5.75 Å². The highest BCUT2D eigenvalue weighted by Crippen LogP contribution is 2.38. The number of aryl methyl sites for hydroxylation is 2. The summed E-state index contributed by atoms with van der Waals surface area (Å²) in [6.07, 6.45) is 1.91. The molecule has 0 saturated carbocycles. The molecule has 4 aromatic rings. The largest absolute Gasteiger partial charge is 0.488 e. The van der Waals surface area contributed by atoms with Gasteiger partial charge in [-0.05, 0) is 96.9 Å². The Bertz CT molecular complexity index is 1530. The molecule has 1 heterocycles. The number of halogens is 2. The van der Waals surface area contributed by atoms with E-state index in [1.807, 2.05) is 98.8 Å². The Morgan fingerprint density at radius 2 is 1.55 bits per heavy atom. The van der Waals surface area contributed by atoms with Gasteiger partial charge in [-0.1, -0.05) is 65.7 Å². The van der Waals surface area contributed by atoms with Gasteiger partial charge in [-0.2, -0.15) is 0 Å². The van der Waals surface area contributed by atoms with Crippen LogP contribution in [0.25, 0.3) is 6.08 Å². The minimum atomic E-state index is -0.108. The molecule has 1 fully saturated rings. The quantitative estimate of drug-likeness (QED) is 0.222. The Morgan fingerprint density at radius 1 is 0.895 bits per heavy atom. The standard InChI is InChI=1S/C31H24Cl2N2O2S/c1-20-15-22(16-21(2)29(20)37-19-23-13-14-24(32)18-27(23)33)17-28-30(36)35(26-11-7-4-8-12-26)31(38-28)34-25-9-5-3-6-10-25/h3-18H,19H2,1-2H3/b28-17-,34-31?. The summed E-state index contributed by atoms with van der Waals surface area (Å²) < 4.78 is 6.13. The Balaban J connectivity index is 1.43. The highest BCUT2D eigenvalue weighted by molar-refractivity contribution is 8.19. The normalized spacial score (nSPS) is 15.5. The van der Waals surface area contributed by atoms with Gasteiger partial charge in [0.05, 0.1) is 16.3 Å². The van der Waals surface area contributed by atoms with Gasteiger partial charge < -0.3 is 4.74 Å². The Kier molecular flexibility index (Phi) is 7.89. The van der Waals surface area contributed by atoms with Crippen LogP contribution < -0.4 is 9.64 Å². The minimum absolute atomic E-state index is 0.108. The maximum Gasteiger partial charge on any atom is 0.271 e. The third kappa shape index (κ3) is 5.81. The molecule has 5 rings (SSSR count). The van der Waals surface area contributed by atoms with Gasteiger partial charge in [0.15, 0.2) is 5.17 Å². The van der Waals surface area contributed by atoms with Gasteiger partial charge in [-0.3, -0.25) is 9.69 Å². The van der Waals surface area contributed by atoms with E-state index in [-0.39, 0.29) is 5.91 Å². The van der Waals surface area contributed by atoms with Gasteiger partial charge in [-0.25, -0.2) is 4.99 Å². The van der Waals surface area contributed by atoms with Crippen LogP contribution in [0.1, 0.15) is 22.3 Å². The monoisotopic (exact) mass is 558 g/mol. The number of nitrogens with zero attached hydrogens (tertiary/aromatic N) is 2. The number of para-hydroxylation sites is 2. The highest BCUT2D eigenvalue weighted by atomic mass is 35.5. The van der Waals surface area contributed by atoms with Gasteiger partial charge in [0.2, 0.25) is 0 Å². The number of ether oxygens (including phenoxy) is 1. The number of thioether (sulfide) groups is 1. The van der Waals surface area contributed by atoms with Crippen molar-refractivity contribution in [2.24, 2.45) is 4.99 Å². The van der Waals surface area contributed by atoms with Gasteiger partial charge >= 0.3 is 0 Å². The van der Waals surface area contributed by atoms with E-state index in [0.717, 1.165) is 39.4 Å². The first kappa shape index (κ1) is 26.1. The van der Waals surface area contributed by atoms with Crippen molar-refractivity contribution in [3.63, 3.8) is 0 Å². The lowest BCUT2D eigenvalue weighted by Gasteiger charge is -2.15. The van der Waals surface area contributed by atoms with Crippen molar-refractivity contribution in [1.82, 2.24) is 0 Å². The molecule has 0 atom stereocenters. The maximum atomic E-state index is 13.6. The maximum absolute atomic E-state index is 13.6. The lowest BCUT2D eigenvalue weighted by atomic mass is 10.0. The molecule has 1 aliphatic heterocycles. The number of carbonyl (C=O) groups is 1. The molecular weight excluding hydrogens is 535 g/mol. The van der Waals surface area contributed by atoms with E-state index in [0.29, 0.717) is 26.7 Å². The predicted octanol–water partition coefficient (Wildman–Crippen LogP) is 9.00. The van der Waals surface area contributed by atoms with Crippen LogP contribution in [0.3, 0.4) is 0 Å². The van der Waals surface area contributed by atoms with Gasteiger partial charge in [0.25, 0.3) is 5.91 Å². The van der Waals surface area contributed by atoms with E-state index in [2.05, 4.69) is 0 Å². The number of amidine groups is 1. The van der Waals surface area contributed by atoms with Crippen LogP contribution in [-0.2, 0) is 11.4 Å². The first-order valence-electron chi connectivity index (χ1n) is 12.0. The fourth-order valence-electron chi connectivity index (χ4n) is 4.20. The molecule has 190 valence electrons. The molecule has 0 unspecified atom stereocenters. The molecule has 0 bridgehead atoms. The van der Waals surface area contributed by atoms with E-state index in [1.165, 1.54) is 11.8 Å². The van der Waals surface area contributed by atoms with E-state index < -0.39 is 0 Å². The van der Waals surface area contributed by atoms with E-state index >= 15 is 0 Å². The SMILES string of the molecule is Cc1cc(/C=C2\SC(=Nc3ccccc3)N(c3ccccc3)C2=O)cc(C)c1OCc1ccc(Cl)cc1Cl. The van der Waals surface area contributed by atoms with Crippen molar-refractivity contribution in [1.29, 1.82) is 0 Å². The second-order valence-corrected chi connectivity index (χ2v) is 10.7. The van der Waals surface area contributed by atoms with E-state index in [1.54, 1.807) is 17.0 Å². The number of hydrogen-bond donors (Lipinski definition) is 0. The summed E-state index contributed by atoms with van der Waals surface area (Å²) in [6.45, 7) is 4.32. The molecule has 0 spiro atoms. The smallest absolute Gasteiger partial charge is 0.271 e. The summed E-state index contributed by atoms with van der Waals surface area (Å²) in [4.78, 5) is 20.6. The van der Waals surface area contributed by atoms with Crippen molar-refractivity contribution in [2.45, 2.75) is 20.5 Å². The van der Waals surface area contributed by atoms with Crippen molar-refractivity contribution in [3.05, 3.63) is 128 Å². The van der Waals surface area contributed by atoms with E-state index in [9.17, 15) is 4.79 Å². The summed E-state index contributed by atoms with van der Waals surface area (Å²) in [5.41, 5.74) is 5.28. The van der Waals surface area contributed by atoms with Crippen LogP contribution >= 0.6 is 35.0 Å². The second-order valence-electron chi connectivity index (χ2n) is 8.82. The zero-order valence-electron chi connectivity index (χ0n) is 20.8.